The van der Waals surface area contributed by atoms with Gasteiger partial charge in [0.25, 0.3) is 17.5 Å². The first-order chi connectivity index (χ1) is 12.5. The number of nitrogens with one attached hydrogen (secondary N) is 2. The molecule has 136 valence electrons. The standard InChI is InChI=1S/C17H17N3O5S/c21-16(18-10-12-3-1-7-25-12)13-6-5-11(20(23)24)9-14(13)19-17(22)15-4-2-8-26-15/h2,4-6,8-9,12H,1,3,7,10H2,(H,18,21)(H,19,22). The molecule has 0 spiro atoms. The highest BCUT2D eigenvalue weighted by atomic mass is 32.1. The molecule has 1 atom stereocenters. The highest BCUT2D eigenvalue weighted by molar-refractivity contribution is 7.12. The van der Waals surface area contributed by atoms with E-state index in [1.54, 1.807) is 17.5 Å². The number of anilines is 1. The minimum atomic E-state index is -0.575. The minimum absolute atomic E-state index is 0.0267. The van der Waals surface area contributed by atoms with Crippen molar-refractivity contribution >= 4 is 34.5 Å². The molecule has 2 heterocycles. The Morgan fingerprint density at radius 3 is 2.81 bits per heavy atom. The van der Waals surface area contributed by atoms with Crippen LogP contribution in [-0.2, 0) is 4.74 Å². The fourth-order valence-corrected chi connectivity index (χ4v) is 3.26. The molecule has 2 N–H and O–H groups in total. The van der Waals surface area contributed by atoms with E-state index in [0.29, 0.717) is 18.0 Å². The SMILES string of the molecule is O=C(Nc1cc([N+](=O)[O-])ccc1C(=O)NCC1CCCO1)c1cccs1. The Bertz CT molecular complexity index is 816. The maximum Gasteiger partial charge on any atom is 0.271 e. The Morgan fingerprint density at radius 1 is 1.31 bits per heavy atom. The predicted octanol–water partition coefficient (Wildman–Crippen LogP) is 2.82. The van der Waals surface area contributed by atoms with Crippen LogP contribution in [0.4, 0.5) is 11.4 Å². The number of carbonyl (C=O) groups is 2. The molecule has 0 saturated carbocycles. The molecule has 1 fully saturated rings. The first-order valence-corrected chi connectivity index (χ1v) is 8.95. The van der Waals surface area contributed by atoms with E-state index >= 15 is 0 Å². The highest BCUT2D eigenvalue weighted by Gasteiger charge is 2.21. The van der Waals surface area contributed by atoms with Gasteiger partial charge in [0.2, 0.25) is 0 Å². The van der Waals surface area contributed by atoms with Gasteiger partial charge >= 0.3 is 0 Å². The number of hydrogen-bond donors (Lipinski definition) is 2. The Kier molecular flexibility index (Phi) is 5.59. The third-order valence-corrected chi connectivity index (χ3v) is 4.83. The van der Waals surface area contributed by atoms with Gasteiger partial charge in [-0.2, -0.15) is 0 Å². The molecule has 26 heavy (non-hydrogen) atoms. The number of carbonyl (C=O) groups excluding carboxylic acids is 2. The Balaban J connectivity index is 1.79. The summed E-state index contributed by atoms with van der Waals surface area (Å²) in [5.41, 5.74) is 0.0584. The zero-order valence-electron chi connectivity index (χ0n) is 13.8. The number of non-ortho nitro benzene ring substituents is 1. The number of benzene rings is 1. The number of nitrogens with zero attached hydrogens (tertiary/aromatic N) is 1. The molecule has 1 aromatic carbocycles. The van der Waals surface area contributed by atoms with Crippen molar-refractivity contribution in [3.63, 3.8) is 0 Å². The van der Waals surface area contributed by atoms with Crippen LogP contribution in [0.3, 0.4) is 0 Å². The number of amides is 2. The highest BCUT2D eigenvalue weighted by Crippen LogP contribution is 2.24. The largest absolute Gasteiger partial charge is 0.376 e. The van der Waals surface area contributed by atoms with Crippen LogP contribution in [0.25, 0.3) is 0 Å². The topological polar surface area (TPSA) is 111 Å². The second-order valence-electron chi connectivity index (χ2n) is 5.76. The van der Waals surface area contributed by atoms with Crippen LogP contribution in [0.2, 0.25) is 0 Å². The van der Waals surface area contributed by atoms with Crippen LogP contribution in [0.5, 0.6) is 0 Å². The van der Waals surface area contributed by atoms with Crippen molar-refractivity contribution in [1.29, 1.82) is 0 Å². The molecule has 8 nitrogen and oxygen atoms in total. The van der Waals surface area contributed by atoms with E-state index in [2.05, 4.69) is 10.6 Å². The molecule has 1 aliphatic heterocycles. The second kappa shape index (κ2) is 8.07. The third kappa shape index (κ3) is 4.24. The van der Waals surface area contributed by atoms with E-state index in [1.165, 1.54) is 29.5 Å². The molecular weight excluding hydrogens is 358 g/mol. The summed E-state index contributed by atoms with van der Waals surface area (Å²) in [5, 5.41) is 18.1. The number of nitro groups is 1. The summed E-state index contributed by atoms with van der Waals surface area (Å²) in [7, 11) is 0. The van der Waals surface area contributed by atoms with Crippen molar-refractivity contribution in [3.8, 4) is 0 Å². The van der Waals surface area contributed by atoms with Gasteiger partial charge in [0.05, 0.1) is 27.2 Å². The predicted molar refractivity (Wildman–Crippen MR) is 96.7 cm³/mol. The van der Waals surface area contributed by atoms with Crippen LogP contribution >= 0.6 is 11.3 Å². The molecule has 0 bridgehead atoms. The van der Waals surface area contributed by atoms with Crippen LogP contribution in [0.15, 0.2) is 35.7 Å². The zero-order valence-corrected chi connectivity index (χ0v) is 14.6. The van der Waals surface area contributed by atoms with E-state index in [-0.39, 0.29) is 23.0 Å². The first-order valence-electron chi connectivity index (χ1n) is 8.07. The monoisotopic (exact) mass is 375 g/mol. The number of thiophene rings is 1. The van der Waals surface area contributed by atoms with Crippen molar-refractivity contribution in [1.82, 2.24) is 5.32 Å². The molecule has 0 radical (unpaired) electrons. The quantitative estimate of drug-likeness (QED) is 0.596. The molecule has 9 heteroatoms. The summed E-state index contributed by atoms with van der Waals surface area (Å²) in [6.07, 6.45) is 1.81. The fraction of sp³-hybridized carbons (Fsp3) is 0.294. The maximum absolute atomic E-state index is 12.5. The second-order valence-corrected chi connectivity index (χ2v) is 6.71. The molecule has 1 aromatic heterocycles. The van der Waals surface area contributed by atoms with Gasteiger partial charge in [0.15, 0.2) is 0 Å². The van der Waals surface area contributed by atoms with E-state index in [9.17, 15) is 19.7 Å². The number of ether oxygens (including phenoxy) is 1. The molecule has 2 amide bonds. The lowest BCUT2D eigenvalue weighted by atomic mass is 10.1. The van der Waals surface area contributed by atoms with Crippen LogP contribution < -0.4 is 10.6 Å². The van der Waals surface area contributed by atoms with Gasteiger partial charge in [-0.05, 0) is 30.4 Å². The number of rotatable bonds is 6. The average molecular weight is 375 g/mol. The molecule has 1 unspecified atom stereocenters. The van der Waals surface area contributed by atoms with Crippen molar-refractivity contribution < 1.29 is 19.2 Å². The molecule has 0 aliphatic carbocycles. The summed E-state index contributed by atoms with van der Waals surface area (Å²) in [6, 6.07) is 7.12. The van der Waals surface area contributed by atoms with Gasteiger partial charge in [0, 0.05) is 25.3 Å². The zero-order chi connectivity index (χ0) is 18.5. The van der Waals surface area contributed by atoms with E-state index in [0.717, 1.165) is 12.8 Å². The lowest BCUT2D eigenvalue weighted by molar-refractivity contribution is -0.384. The molecule has 3 rings (SSSR count). The van der Waals surface area contributed by atoms with Gasteiger partial charge < -0.3 is 15.4 Å². The van der Waals surface area contributed by atoms with Crippen molar-refractivity contribution in [2.75, 3.05) is 18.5 Å². The summed E-state index contributed by atoms with van der Waals surface area (Å²) in [5.74, 6) is -0.842. The Morgan fingerprint density at radius 2 is 2.15 bits per heavy atom. The summed E-state index contributed by atoms with van der Waals surface area (Å²) >= 11 is 1.24. The van der Waals surface area contributed by atoms with Crippen LogP contribution in [0.1, 0.15) is 32.9 Å². The van der Waals surface area contributed by atoms with Gasteiger partial charge in [-0.1, -0.05) is 6.07 Å². The third-order valence-electron chi connectivity index (χ3n) is 3.97. The molecular formula is C17H17N3O5S. The molecule has 1 saturated heterocycles. The Hall–Kier alpha value is -2.78. The van der Waals surface area contributed by atoms with Gasteiger partial charge in [-0.25, -0.2) is 0 Å². The van der Waals surface area contributed by atoms with Gasteiger partial charge in [-0.15, -0.1) is 11.3 Å². The smallest absolute Gasteiger partial charge is 0.271 e. The number of nitro benzene ring substituents is 1. The molecule has 1 aliphatic rings. The molecule has 2 aromatic rings. The van der Waals surface area contributed by atoms with E-state index in [4.69, 9.17) is 4.74 Å². The van der Waals surface area contributed by atoms with E-state index in [1.807, 2.05) is 0 Å². The fourth-order valence-electron chi connectivity index (χ4n) is 2.65. The maximum atomic E-state index is 12.5. The summed E-state index contributed by atoms with van der Waals surface area (Å²) in [4.78, 5) is 35.7. The lowest BCUT2D eigenvalue weighted by Gasteiger charge is -2.13. The van der Waals surface area contributed by atoms with Crippen LogP contribution in [-0.4, -0.2) is 36.0 Å². The van der Waals surface area contributed by atoms with Crippen LogP contribution in [0, 0.1) is 10.1 Å². The summed E-state index contributed by atoms with van der Waals surface area (Å²) in [6.45, 7) is 1.04. The van der Waals surface area contributed by atoms with Crippen molar-refractivity contribution in [2.45, 2.75) is 18.9 Å². The lowest BCUT2D eigenvalue weighted by Crippen LogP contribution is -2.32. The number of hydrogen-bond acceptors (Lipinski definition) is 6. The van der Waals surface area contributed by atoms with Gasteiger partial charge in [0.1, 0.15) is 0 Å². The Labute approximate surface area is 153 Å². The van der Waals surface area contributed by atoms with Gasteiger partial charge in [-0.3, -0.25) is 19.7 Å². The normalized spacial score (nSPS) is 16.2. The summed E-state index contributed by atoms with van der Waals surface area (Å²) < 4.78 is 5.46. The van der Waals surface area contributed by atoms with E-state index < -0.39 is 16.7 Å². The van der Waals surface area contributed by atoms with Crippen molar-refractivity contribution in [2.24, 2.45) is 0 Å². The van der Waals surface area contributed by atoms with Crippen molar-refractivity contribution in [3.05, 3.63) is 56.3 Å². The first kappa shape index (κ1) is 18.0. The average Bonchev–Trinajstić information content (AvgIpc) is 3.33. The minimum Gasteiger partial charge on any atom is -0.376 e.